The number of rotatable bonds is 10. The zero-order valence-corrected chi connectivity index (χ0v) is 11.8. The molecule has 0 aliphatic heterocycles. The summed E-state index contributed by atoms with van der Waals surface area (Å²) < 4.78 is 0. The molecule has 2 N–H and O–H groups in total. The second-order valence-corrected chi connectivity index (χ2v) is 4.85. The Bertz CT molecular complexity index is 316. The molecule has 0 unspecified atom stereocenters. The van der Waals surface area contributed by atoms with Gasteiger partial charge < -0.3 is 10.2 Å². The third kappa shape index (κ3) is 8.19. The molecular formula is C15H24O4. The molecule has 0 heterocycles. The summed E-state index contributed by atoms with van der Waals surface area (Å²) in [7, 11) is 0. The topological polar surface area (TPSA) is 74.6 Å². The molecule has 108 valence electrons. The number of carbonyl (C=O) groups is 2. The molecule has 0 saturated heterocycles. The van der Waals surface area contributed by atoms with E-state index >= 15 is 0 Å². The molecule has 0 bridgehead atoms. The van der Waals surface area contributed by atoms with Gasteiger partial charge in [0, 0.05) is 12.2 Å². The molecule has 0 amide bonds. The maximum Gasteiger partial charge on any atom is 0.327 e. The number of hydrogen-bond acceptors (Lipinski definition) is 2. The lowest BCUT2D eigenvalue weighted by molar-refractivity contribution is -0.132. The molecule has 0 aromatic rings. The summed E-state index contributed by atoms with van der Waals surface area (Å²) >= 11 is 0. The van der Waals surface area contributed by atoms with E-state index in [1.807, 2.05) is 0 Å². The average molecular weight is 268 g/mol. The monoisotopic (exact) mass is 268 g/mol. The SMILES string of the molecule is CCCCC(CC)(CC=CC(=O)O)CC=CC(=O)O. The molecule has 0 saturated carbocycles. The summed E-state index contributed by atoms with van der Waals surface area (Å²) in [4.78, 5) is 21.0. The second kappa shape index (κ2) is 9.36. The van der Waals surface area contributed by atoms with Crippen molar-refractivity contribution >= 4 is 11.9 Å². The van der Waals surface area contributed by atoms with E-state index in [9.17, 15) is 9.59 Å². The number of unbranched alkanes of at least 4 members (excludes halogenated alkanes) is 1. The van der Waals surface area contributed by atoms with Crippen LogP contribution in [0.1, 0.15) is 52.4 Å². The van der Waals surface area contributed by atoms with E-state index in [1.165, 1.54) is 0 Å². The molecule has 4 nitrogen and oxygen atoms in total. The van der Waals surface area contributed by atoms with E-state index in [0.717, 1.165) is 37.8 Å². The van der Waals surface area contributed by atoms with E-state index in [2.05, 4.69) is 13.8 Å². The van der Waals surface area contributed by atoms with Crippen molar-refractivity contribution in [2.75, 3.05) is 0 Å². The predicted octanol–water partition coefficient (Wildman–Crippen LogP) is 3.63. The second-order valence-electron chi connectivity index (χ2n) is 4.85. The number of allylic oxidation sites excluding steroid dienone is 2. The van der Waals surface area contributed by atoms with Gasteiger partial charge in [-0.3, -0.25) is 0 Å². The zero-order chi connectivity index (χ0) is 14.7. The van der Waals surface area contributed by atoms with Crippen LogP contribution in [0.4, 0.5) is 0 Å². The summed E-state index contributed by atoms with van der Waals surface area (Å²) in [6.07, 6.45) is 11.0. The minimum atomic E-state index is -0.943. The van der Waals surface area contributed by atoms with Crippen molar-refractivity contribution in [3.05, 3.63) is 24.3 Å². The maximum absolute atomic E-state index is 10.5. The van der Waals surface area contributed by atoms with Crippen LogP contribution >= 0.6 is 0 Å². The molecule has 0 spiro atoms. The maximum atomic E-state index is 10.5. The van der Waals surface area contributed by atoms with Crippen LogP contribution in [-0.4, -0.2) is 22.2 Å². The van der Waals surface area contributed by atoms with Crippen LogP contribution in [0.25, 0.3) is 0 Å². The van der Waals surface area contributed by atoms with Gasteiger partial charge in [0.1, 0.15) is 0 Å². The minimum absolute atomic E-state index is 0.0338. The van der Waals surface area contributed by atoms with Gasteiger partial charge in [-0.2, -0.15) is 0 Å². The molecule has 0 radical (unpaired) electrons. The highest BCUT2D eigenvalue weighted by Crippen LogP contribution is 2.37. The highest BCUT2D eigenvalue weighted by molar-refractivity contribution is 5.80. The minimum Gasteiger partial charge on any atom is -0.478 e. The van der Waals surface area contributed by atoms with Crippen LogP contribution in [0.2, 0.25) is 0 Å². The van der Waals surface area contributed by atoms with Crippen LogP contribution in [0.5, 0.6) is 0 Å². The first-order chi connectivity index (χ1) is 8.95. The van der Waals surface area contributed by atoms with Crippen molar-refractivity contribution in [3.63, 3.8) is 0 Å². The molecule has 0 atom stereocenters. The largest absolute Gasteiger partial charge is 0.478 e. The lowest BCUT2D eigenvalue weighted by atomic mass is 9.74. The molecule has 0 aromatic carbocycles. The third-order valence-electron chi connectivity index (χ3n) is 3.43. The Morgan fingerprint density at radius 1 is 1.00 bits per heavy atom. The number of hydrogen-bond donors (Lipinski definition) is 2. The summed E-state index contributed by atoms with van der Waals surface area (Å²) in [5.41, 5.74) is -0.0338. The fourth-order valence-corrected chi connectivity index (χ4v) is 2.12. The molecule has 0 aliphatic rings. The van der Waals surface area contributed by atoms with Crippen LogP contribution in [-0.2, 0) is 9.59 Å². The predicted molar refractivity (Wildman–Crippen MR) is 75.0 cm³/mol. The van der Waals surface area contributed by atoms with Crippen LogP contribution in [0.15, 0.2) is 24.3 Å². The van der Waals surface area contributed by atoms with Gasteiger partial charge in [0.25, 0.3) is 0 Å². The van der Waals surface area contributed by atoms with Gasteiger partial charge in [-0.05, 0) is 31.1 Å². The number of carboxylic acid groups (broad SMARTS) is 2. The lowest BCUT2D eigenvalue weighted by Crippen LogP contribution is -2.18. The Morgan fingerprint density at radius 3 is 1.79 bits per heavy atom. The third-order valence-corrected chi connectivity index (χ3v) is 3.43. The highest BCUT2D eigenvalue weighted by atomic mass is 16.4. The van der Waals surface area contributed by atoms with E-state index in [0.29, 0.717) is 12.8 Å². The van der Waals surface area contributed by atoms with Crippen LogP contribution in [0.3, 0.4) is 0 Å². The quantitative estimate of drug-likeness (QED) is 0.593. The Balaban J connectivity index is 4.75. The Morgan fingerprint density at radius 2 is 1.47 bits per heavy atom. The van der Waals surface area contributed by atoms with Crippen LogP contribution in [0, 0.1) is 5.41 Å². The van der Waals surface area contributed by atoms with Crippen molar-refractivity contribution in [3.8, 4) is 0 Å². The summed E-state index contributed by atoms with van der Waals surface area (Å²) in [6.45, 7) is 4.18. The van der Waals surface area contributed by atoms with E-state index in [4.69, 9.17) is 10.2 Å². The van der Waals surface area contributed by atoms with Gasteiger partial charge in [-0.15, -0.1) is 0 Å². The van der Waals surface area contributed by atoms with E-state index in [-0.39, 0.29) is 5.41 Å². The molecule has 0 aromatic heterocycles. The first-order valence-corrected chi connectivity index (χ1v) is 6.74. The summed E-state index contributed by atoms with van der Waals surface area (Å²) in [5.74, 6) is -1.89. The van der Waals surface area contributed by atoms with Gasteiger partial charge in [0.15, 0.2) is 0 Å². The smallest absolute Gasteiger partial charge is 0.327 e. The molecular weight excluding hydrogens is 244 g/mol. The van der Waals surface area contributed by atoms with Crippen molar-refractivity contribution < 1.29 is 19.8 Å². The zero-order valence-electron chi connectivity index (χ0n) is 11.8. The van der Waals surface area contributed by atoms with E-state index in [1.54, 1.807) is 12.2 Å². The van der Waals surface area contributed by atoms with Crippen molar-refractivity contribution in [1.29, 1.82) is 0 Å². The number of aliphatic carboxylic acids is 2. The van der Waals surface area contributed by atoms with Gasteiger partial charge >= 0.3 is 11.9 Å². The fourth-order valence-electron chi connectivity index (χ4n) is 2.12. The lowest BCUT2D eigenvalue weighted by Gasteiger charge is -2.31. The Labute approximate surface area is 114 Å². The Kier molecular flexibility index (Phi) is 8.58. The van der Waals surface area contributed by atoms with Gasteiger partial charge in [-0.1, -0.05) is 38.8 Å². The number of carboxylic acids is 2. The standard InChI is InChI=1S/C15H24O4/c1-3-5-10-15(4-2,11-6-8-13(16)17)12-7-9-14(18)19/h6-9H,3-5,10-12H2,1-2H3,(H,16,17)(H,18,19). The molecule has 0 fully saturated rings. The van der Waals surface area contributed by atoms with Gasteiger partial charge in [0.2, 0.25) is 0 Å². The van der Waals surface area contributed by atoms with Crippen LogP contribution < -0.4 is 0 Å². The summed E-state index contributed by atoms with van der Waals surface area (Å²) in [6, 6.07) is 0. The first kappa shape index (κ1) is 17.4. The summed E-state index contributed by atoms with van der Waals surface area (Å²) in [5, 5.41) is 17.3. The molecule has 0 aliphatic carbocycles. The average Bonchev–Trinajstić information content (AvgIpc) is 2.34. The van der Waals surface area contributed by atoms with Crippen molar-refractivity contribution in [2.24, 2.45) is 5.41 Å². The van der Waals surface area contributed by atoms with E-state index < -0.39 is 11.9 Å². The molecule has 4 heteroatoms. The molecule has 0 rings (SSSR count). The fraction of sp³-hybridized carbons (Fsp3) is 0.600. The Hall–Kier alpha value is -1.58. The first-order valence-electron chi connectivity index (χ1n) is 6.74. The van der Waals surface area contributed by atoms with Gasteiger partial charge in [0.05, 0.1) is 0 Å². The van der Waals surface area contributed by atoms with Crippen molar-refractivity contribution in [1.82, 2.24) is 0 Å². The van der Waals surface area contributed by atoms with Crippen molar-refractivity contribution in [2.45, 2.75) is 52.4 Å². The van der Waals surface area contributed by atoms with Gasteiger partial charge in [-0.25, -0.2) is 9.59 Å². The normalized spacial score (nSPS) is 14.8. The highest BCUT2D eigenvalue weighted by Gasteiger charge is 2.24. The molecule has 19 heavy (non-hydrogen) atoms.